The second-order valence-corrected chi connectivity index (χ2v) is 4.91. The normalized spacial score (nSPS) is 17.1. The number of ether oxygens (including phenoxy) is 1. The molecule has 0 aromatic heterocycles. The van der Waals surface area contributed by atoms with E-state index < -0.39 is 0 Å². The van der Waals surface area contributed by atoms with Gasteiger partial charge < -0.3 is 9.64 Å². The van der Waals surface area contributed by atoms with Crippen LogP contribution in [0.3, 0.4) is 0 Å². The van der Waals surface area contributed by atoms with Gasteiger partial charge in [-0.25, -0.2) is 0 Å². The van der Waals surface area contributed by atoms with E-state index in [1.54, 1.807) is 18.2 Å². The molecule has 1 aromatic carbocycles. The monoisotopic (exact) mass is 262 g/mol. The van der Waals surface area contributed by atoms with Gasteiger partial charge in [-0.2, -0.15) is 0 Å². The lowest BCUT2D eigenvalue weighted by molar-refractivity contribution is -0.385. The second-order valence-electron chi connectivity index (χ2n) is 4.91. The van der Waals surface area contributed by atoms with Gasteiger partial charge in [0.05, 0.1) is 10.5 Å². The molecule has 1 aromatic rings. The minimum absolute atomic E-state index is 0.00875. The highest BCUT2D eigenvalue weighted by Gasteiger charge is 2.21. The third-order valence-electron chi connectivity index (χ3n) is 3.09. The second kappa shape index (κ2) is 5.84. The molecule has 2 rings (SSSR count). The first-order chi connectivity index (χ1) is 9.08. The van der Waals surface area contributed by atoms with Crippen molar-refractivity contribution >= 4 is 11.8 Å². The average molecular weight is 262 g/mol. The molecule has 1 aliphatic heterocycles. The first-order valence-electron chi connectivity index (χ1n) is 6.35. The van der Waals surface area contributed by atoms with Gasteiger partial charge in [0, 0.05) is 6.07 Å². The van der Waals surface area contributed by atoms with Crippen molar-refractivity contribution in [1.82, 2.24) is 4.90 Å². The quantitative estimate of drug-likeness (QED) is 0.604. The van der Waals surface area contributed by atoms with E-state index in [2.05, 4.69) is 4.90 Å². The van der Waals surface area contributed by atoms with Crippen LogP contribution in [0.5, 0.6) is 5.75 Å². The molecule has 0 N–H and O–H groups in total. The summed E-state index contributed by atoms with van der Waals surface area (Å²) in [5.41, 5.74) is 0.664. The minimum atomic E-state index is -0.376. The Kier molecular flexibility index (Phi) is 4.16. The molecule has 1 heterocycles. The summed E-state index contributed by atoms with van der Waals surface area (Å²) < 4.78 is 5.79. The number of hydrogen-bond acceptors (Lipinski definition) is 4. The summed E-state index contributed by atoms with van der Waals surface area (Å²) in [5.74, 6) is 0.603. The molecule has 1 atom stereocenters. The van der Waals surface area contributed by atoms with E-state index in [1.165, 1.54) is 6.07 Å². The molecule has 0 saturated carbocycles. The Morgan fingerprint density at radius 3 is 2.89 bits per heavy atom. The van der Waals surface area contributed by atoms with Gasteiger partial charge in [0.25, 0.3) is 5.69 Å². The molecule has 0 amide bonds. The number of rotatable bonds is 5. The van der Waals surface area contributed by atoms with Crippen molar-refractivity contribution < 1.29 is 9.66 Å². The standard InChI is InChI=1S/C14H18N2O3/c1-15(2)10-4-5-11-8-9-12-13(16(17)18)6-3-7-14(12)19-11/h3,6-9,11H,4-5,10H2,1-2H3. The van der Waals surface area contributed by atoms with E-state index in [0.29, 0.717) is 11.3 Å². The largest absolute Gasteiger partial charge is 0.485 e. The molecule has 0 fully saturated rings. The van der Waals surface area contributed by atoms with Crippen molar-refractivity contribution in [3.8, 4) is 5.75 Å². The fourth-order valence-electron chi connectivity index (χ4n) is 2.13. The van der Waals surface area contributed by atoms with Crippen LogP contribution in [0.1, 0.15) is 18.4 Å². The molecular formula is C14H18N2O3. The maximum absolute atomic E-state index is 10.9. The summed E-state index contributed by atoms with van der Waals surface area (Å²) in [5, 5.41) is 10.9. The highest BCUT2D eigenvalue weighted by Crippen LogP contribution is 2.34. The van der Waals surface area contributed by atoms with Gasteiger partial charge in [0.1, 0.15) is 11.9 Å². The number of benzene rings is 1. The summed E-state index contributed by atoms with van der Waals surface area (Å²) >= 11 is 0. The highest BCUT2D eigenvalue weighted by molar-refractivity contribution is 5.69. The maximum Gasteiger partial charge on any atom is 0.280 e. The SMILES string of the molecule is CN(C)CCCC1C=Cc2c(cccc2[N+](=O)[O-])O1. The first-order valence-corrected chi connectivity index (χ1v) is 6.35. The van der Waals surface area contributed by atoms with Crippen molar-refractivity contribution in [3.05, 3.63) is 40.0 Å². The molecule has 0 bridgehead atoms. The van der Waals surface area contributed by atoms with E-state index in [1.807, 2.05) is 20.2 Å². The lowest BCUT2D eigenvalue weighted by Crippen LogP contribution is -2.20. The Labute approximate surface area is 112 Å². The molecular weight excluding hydrogens is 244 g/mol. The van der Waals surface area contributed by atoms with Crippen LogP contribution in [0.25, 0.3) is 6.08 Å². The summed E-state index contributed by atoms with van der Waals surface area (Å²) in [7, 11) is 4.08. The van der Waals surface area contributed by atoms with Gasteiger partial charge in [-0.15, -0.1) is 0 Å². The molecule has 1 unspecified atom stereocenters. The van der Waals surface area contributed by atoms with Gasteiger partial charge >= 0.3 is 0 Å². The van der Waals surface area contributed by atoms with Crippen molar-refractivity contribution in [2.45, 2.75) is 18.9 Å². The Balaban J connectivity index is 2.06. The van der Waals surface area contributed by atoms with E-state index in [0.717, 1.165) is 19.4 Å². The zero-order valence-corrected chi connectivity index (χ0v) is 11.2. The van der Waals surface area contributed by atoms with Gasteiger partial charge in [-0.05, 0) is 51.7 Å². The number of hydrogen-bond donors (Lipinski definition) is 0. The Hall–Kier alpha value is -1.88. The topological polar surface area (TPSA) is 55.6 Å². The van der Waals surface area contributed by atoms with Crippen LogP contribution >= 0.6 is 0 Å². The number of nitrogens with zero attached hydrogens (tertiary/aromatic N) is 2. The molecule has 0 saturated heterocycles. The molecule has 1 aliphatic rings. The highest BCUT2D eigenvalue weighted by atomic mass is 16.6. The van der Waals surface area contributed by atoms with Gasteiger partial charge in [0.2, 0.25) is 0 Å². The summed E-state index contributed by atoms with van der Waals surface area (Å²) in [4.78, 5) is 12.7. The Morgan fingerprint density at radius 1 is 1.42 bits per heavy atom. The zero-order valence-electron chi connectivity index (χ0n) is 11.2. The smallest absolute Gasteiger partial charge is 0.280 e. The summed E-state index contributed by atoms with van der Waals surface area (Å²) in [6.07, 6.45) is 5.67. The maximum atomic E-state index is 10.9. The van der Waals surface area contributed by atoms with Crippen molar-refractivity contribution in [2.24, 2.45) is 0 Å². The summed E-state index contributed by atoms with van der Waals surface area (Å²) in [6, 6.07) is 4.94. The van der Waals surface area contributed by atoms with Gasteiger partial charge in [-0.3, -0.25) is 10.1 Å². The predicted octanol–water partition coefficient (Wildman–Crippen LogP) is 2.71. The van der Waals surface area contributed by atoms with Crippen LogP contribution in [0.2, 0.25) is 0 Å². The van der Waals surface area contributed by atoms with E-state index in [4.69, 9.17) is 4.74 Å². The molecule has 5 nitrogen and oxygen atoms in total. The van der Waals surface area contributed by atoms with Crippen molar-refractivity contribution in [1.29, 1.82) is 0 Å². The van der Waals surface area contributed by atoms with Crippen LogP contribution in [-0.4, -0.2) is 36.6 Å². The van der Waals surface area contributed by atoms with Crippen LogP contribution in [0.15, 0.2) is 24.3 Å². The van der Waals surface area contributed by atoms with Crippen molar-refractivity contribution in [2.75, 3.05) is 20.6 Å². The third kappa shape index (κ3) is 3.32. The fourth-order valence-corrected chi connectivity index (χ4v) is 2.13. The lowest BCUT2D eigenvalue weighted by Gasteiger charge is -2.21. The van der Waals surface area contributed by atoms with Gasteiger partial charge in [0.15, 0.2) is 0 Å². The van der Waals surface area contributed by atoms with Crippen LogP contribution in [-0.2, 0) is 0 Å². The molecule has 0 aliphatic carbocycles. The lowest BCUT2D eigenvalue weighted by atomic mass is 10.1. The van der Waals surface area contributed by atoms with Crippen LogP contribution < -0.4 is 4.74 Å². The van der Waals surface area contributed by atoms with Crippen LogP contribution in [0.4, 0.5) is 5.69 Å². The van der Waals surface area contributed by atoms with E-state index in [9.17, 15) is 10.1 Å². The molecule has 5 heteroatoms. The van der Waals surface area contributed by atoms with Crippen LogP contribution in [0, 0.1) is 10.1 Å². The minimum Gasteiger partial charge on any atom is -0.485 e. The predicted molar refractivity (Wildman–Crippen MR) is 74.3 cm³/mol. The molecule has 102 valence electrons. The molecule has 0 spiro atoms. The number of nitro groups is 1. The average Bonchev–Trinajstić information content (AvgIpc) is 2.37. The van der Waals surface area contributed by atoms with Gasteiger partial charge in [-0.1, -0.05) is 6.07 Å². The Bertz CT molecular complexity index is 497. The number of fused-ring (bicyclic) bond motifs is 1. The Morgan fingerprint density at radius 2 is 2.21 bits per heavy atom. The van der Waals surface area contributed by atoms with Crippen molar-refractivity contribution in [3.63, 3.8) is 0 Å². The fraction of sp³-hybridized carbons (Fsp3) is 0.429. The number of nitro benzene ring substituents is 1. The third-order valence-corrected chi connectivity index (χ3v) is 3.09. The van der Waals surface area contributed by atoms with E-state index >= 15 is 0 Å². The first kappa shape index (κ1) is 13.5. The van der Waals surface area contributed by atoms with E-state index in [-0.39, 0.29) is 16.7 Å². The summed E-state index contributed by atoms with van der Waals surface area (Å²) in [6.45, 7) is 1.01. The zero-order chi connectivity index (χ0) is 13.8. The molecule has 19 heavy (non-hydrogen) atoms. The molecule has 0 radical (unpaired) electrons.